The minimum absolute atomic E-state index is 0.104. The van der Waals surface area contributed by atoms with Crippen LogP contribution in [-0.2, 0) is 6.18 Å². The lowest BCUT2D eigenvalue weighted by molar-refractivity contribution is -0.140. The van der Waals surface area contributed by atoms with E-state index in [1.807, 2.05) is 0 Å². The average Bonchev–Trinajstić information content (AvgIpc) is 2.59. The van der Waals surface area contributed by atoms with Gasteiger partial charge in [-0.15, -0.1) is 0 Å². The molecule has 15 heavy (non-hydrogen) atoms. The molecule has 0 saturated carbocycles. The minimum atomic E-state index is -4.49. The highest BCUT2D eigenvalue weighted by Gasteiger charge is 2.34. The molecule has 0 atom stereocenters. The Bertz CT molecular complexity index is 516. The van der Waals surface area contributed by atoms with Gasteiger partial charge in [0.05, 0.1) is 5.69 Å². The molecule has 0 N–H and O–H groups in total. The van der Waals surface area contributed by atoms with Crippen LogP contribution in [0.5, 0.6) is 0 Å². The molecule has 78 valence electrons. The molecule has 0 aliphatic rings. The monoisotopic (exact) mass is 214 g/mol. The largest absolute Gasteiger partial charge is 0.434 e. The van der Waals surface area contributed by atoms with Crippen LogP contribution in [0.1, 0.15) is 16.2 Å². The van der Waals surface area contributed by atoms with Crippen molar-refractivity contribution in [1.82, 2.24) is 9.38 Å². The second kappa shape index (κ2) is 3.08. The normalized spacial score (nSPS) is 11.9. The van der Waals surface area contributed by atoms with E-state index in [-0.39, 0.29) is 11.3 Å². The van der Waals surface area contributed by atoms with Crippen LogP contribution in [0.3, 0.4) is 0 Å². The Morgan fingerprint density at radius 3 is 2.67 bits per heavy atom. The van der Waals surface area contributed by atoms with Crippen molar-refractivity contribution in [3.63, 3.8) is 0 Å². The number of aromatic nitrogens is 2. The van der Waals surface area contributed by atoms with Crippen LogP contribution in [0.15, 0.2) is 24.4 Å². The van der Waals surface area contributed by atoms with Crippen molar-refractivity contribution in [2.24, 2.45) is 0 Å². The number of fused-ring (bicyclic) bond motifs is 1. The molecular formula is C9H5F3N2O. The molecule has 0 amide bonds. The van der Waals surface area contributed by atoms with Gasteiger partial charge < -0.3 is 0 Å². The van der Waals surface area contributed by atoms with E-state index < -0.39 is 11.9 Å². The standard InChI is InChI=1S/C9H5F3N2O/c10-9(11,12)7-4-14-6(5-15)2-1-3-8(14)13-7/h1-5H. The van der Waals surface area contributed by atoms with E-state index in [1.54, 1.807) is 0 Å². The highest BCUT2D eigenvalue weighted by Crippen LogP contribution is 2.28. The summed E-state index contributed by atoms with van der Waals surface area (Å²) < 4.78 is 38.0. The number of aldehydes is 1. The third-order valence-electron chi connectivity index (χ3n) is 1.93. The molecule has 0 unspecified atom stereocenters. The number of alkyl halides is 3. The molecule has 0 radical (unpaired) electrons. The molecule has 2 rings (SSSR count). The lowest BCUT2D eigenvalue weighted by atomic mass is 10.3. The molecule has 0 aromatic carbocycles. The molecule has 2 aromatic heterocycles. The van der Waals surface area contributed by atoms with E-state index in [0.717, 1.165) is 10.6 Å². The summed E-state index contributed by atoms with van der Waals surface area (Å²) in [5, 5.41) is 0. The van der Waals surface area contributed by atoms with Gasteiger partial charge in [0, 0.05) is 6.20 Å². The first-order valence-corrected chi connectivity index (χ1v) is 4.03. The molecule has 2 aromatic rings. The van der Waals surface area contributed by atoms with Crippen molar-refractivity contribution in [2.75, 3.05) is 0 Å². The first-order chi connectivity index (χ1) is 7.02. The third kappa shape index (κ3) is 1.58. The smallest absolute Gasteiger partial charge is 0.296 e. The third-order valence-corrected chi connectivity index (χ3v) is 1.93. The van der Waals surface area contributed by atoms with Crippen molar-refractivity contribution in [3.05, 3.63) is 35.8 Å². The van der Waals surface area contributed by atoms with Gasteiger partial charge in [0.25, 0.3) is 0 Å². The number of carbonyl (C=O) groups is 1. The van der Waals surface area contributed by atoms with Gasteiger partial charge in [-0.2, -0.15) is 13.2 Å². The summed E-state index contributed by atoms with van der Waals surface area (Å²) >= 11 is 0. The molecular weight excluding hydrogens is 209 g/mol. The number of rotatable bonds is 1. The van der Waals surface area contributed by atoms with Gasteiger partial charge in [0.2, 0.25) is 0 Å². The summed E-state index contributed by atoms with van der Waals surface area (Å²) in [4.78, 5) is 13.9. The Morgan fingerprint density at radius 2 is 2.07 bits per heavy atom. The van der Waals surface area contributed by atoms with Crippen molar-refractivity contribution in [3.8, 4) is 0 Å². The number of pyridine rings is 1. The number of carbonyl (C=O) groups excluding carboxylic acids is 1. The van der Waals surface area contributed by atoms with Crippen LogP contribution in [0, 0.1) is 0 Å². The lowest BCUT2D eigenvalue weighted by Crippen LogP contribution is -2.04. The van der Waals surface area contributed by atoms with Gasteiger partial charge in [-0.3, -0.25) is 9.20 Å². The first kappa shape index (κ1) is 9.70. The van der Waals surface area contributed by atoms with Crippen molar-refractivity contribution in [2.45, 2.75) is 6.18 Å². The molecule has 0 fully saturated rings. The Morgan fingerprint density at radius 1 is 1.33 bits per heavy atom. The molecule has 0 bridgehead atoms. The van der Waals surface area contributed by atoms with Crippen LogP contribution in [0.25, 0.3) is 5.65 Å². The number of imidazole rings is 1. The van der Waals surface area contributed by atoms with Gasteiger partial charge in [-0.25, -0.2) is 4.98 Å². The second-order valence-corrected chi connectivity index (χ2v) is 2.92. The maximum Gasteiger partial charge on any atom is 0.434 e. The van der Waals surface area contributed by atoms with Crippen LogP contribution < -0.4 is 0 Å². The Labute approximate surface area is 82.2 Å². The lowest BCUT2D eigenvalue weighted by Gasteiger charge is -1.98. The number of hydrogen-bond acceptors (Lipinski definition) is 2. The topological polar surface area (TPSA) is 34.4 Å². The van der Waals surface area contributed by atoms with E-state index in [2.05, 4.69) is 4.98 Å². The molecule has 0 aliphatic heterocycles. The van der Waals surface area contributed by atoms with Gasteiger partial charge in [0.1, 0.15) is 5.65 Å². The fraction of sp³-hybridized carbons (Fsp3) is 0.111. The van der Waals surface area contributed by atoms with E-state index >= 15 is 0 Å². The van der Waals surface area contributed by atoms with Crippen molar-refractivity contribution >= 4 is 11.9 Å². The summed E-state index contributed by atoms with van der Waals surface area (Å²) in [6.07, 6.45) is -3.21. The van der Waals surface area contributed by atoms with Crippen LogP contribution in [0.2, 0.25) is 0 Å². The van der Waals surface area contributed by atoms with E-state index in [9.17, 15) is 18.0 Å². The zero-order valence-corrected chi connectivity index (χ0v) is 7.32. The second-order valence-electron chi connectivity index (χ2n) is 2.92. The summed E-state index contributed by atoms with van der Waals surface area (Å²) in [7, 11) is 0. The number of nitrogens with zero attached hydrogens (tertiary/aromatic N) is 2. The summed E-state index contributed by atoms with van der Waals surface area (Å²) in [6, 6.07) is 4.30. The molecule has 0 saturated heterocycles. The summed E-state index contributed by atoms with van der Waals surface area (Å²) in [5.41, 5.74) is -0.765. The zero-order chi connectivity index (χ0) is 11.1. The van der Waals surface area contributed by atoms with E-state index in [4.69, 9.17) is 0 Å². The molecule has 0 spiro atoms. The molecule has 6 heteroatoms. The molecule has 2 heterocycles. The summed E-state index contributed by atoms with van der Waals surface area (Å²) in [5.74, 6) is 0. The zero-order valence-electron chi connectivity index (χ0n) is 7.32. The minimum Gasteiger partial charge on any atom is -0.296 e. The van der Waals surface area contributed by atoms with Crippen LogP contribution in [-0.4, -0.2) is 15.7 Å². The van der Waals surface area contributed by atoms with Crippen LogP contribution >= 0.6 is 0 Å². The Hall–Kier alpha value is -1.85. The first-order valence-electron chi connectivity index (χ1n) is 4.03. The maximum atomic E-state index is 12.3. The van der Waals surface area contributed by atoms with Crippen molar-refractivity contribution < 1.29 is 18.0 Å². The number of hydrogen-bond donors (Lipinski definition) is 0. The SMILES string of the molecule is O=Cc1cccc2nc(C(F)(F)F)cn12. The highest BCUT2D eigenvalue weighted by atomic mass is 19.4. The molecule has 3 nitrogen and oxygen atoms in total. The maximum absolute atomic E-state index is 12.3. The van der Waals surface area contributed by atoms with E-state index in [1.165, 1.54) is 18.2 Å². The van der Waals surface area contributed by atoms with E-state index in [0.29, 0.717) is 6.29 Å². The van der Waals surface area contributed by atoms with Crippen molar-refractivity contribution in [1.29, 1.82) is 0 Å². The average molecular weight is 214 g/mol. The van der Waals surface area contributed by atoms with Gasteiger partial charge >= 0.3 is 6.18 Å². The quantitative estimate of drug-likeness (QED) is 0.682. The fourth-order valence-electron chi connectivity index (χ4n) is 1.26. The highest BCUT2D eigenvalue weighted by molar-refractivity contribution is 5.73. The Balaban J connectivity index is 2.70. The van der Waals surface area contributed by atoms with Gasteiger partial charge in [-0.1, -0.05) is 6.07 Å². The predicted molar refractivity (Wildman–Crippen MR) is 45.6 cm³/mol. The predicted octanol–water partition coefficient (Wildman–Crippen LogP) is 2.17. The number of halogens is 3. The Kier molecular flexibility index (Phi) is 1.99. The fourth-order valence-corrected chi connectivity index (χ4v) is 1.26. The van der Waals surface area contributed by atoms with Gasteiger partial charge in [-0.05, 0) is 12.1 Å². The van der Waals surface area contributed by atoms with Gasteiger partial charge in [0.15, 0.2) is 12.0 Å². The molecule has 0 aliphatic carbocycles. The summed E-state index contributed by atoms with van der Waals surface area (Å²) in [6.45, 7) is 0. The van der Waals surface area contributed by atoms with Crippen LogP contribution in [0.4, 0.5) is 13.2 Å².